The highest BCUT2D eigenvalue weighted by Crippen LogP contribution is 2.31. The van der Waals surface area contributed by atoms with Crippen molar-refractivity contribution in [2.75, 3.05) is 33.2 Å². The van der Waals surface area contributed by atoms with Crippen molar-refractivity contribution in [3.05, 3.63) is 0 Å². The fourth-order valence-corrected chi connectivity index (χ4v) is 3.45. The van der Waals surface area contributed by atoms with Gasteiger partial charge in [0, 0.05) is 37.8 Å². The van der Waals surface area contributed by atoms with Gasteiger partial charge in [0.2, 0.25) is 0 Å². The number of nitrogens with two attached hydrogens (primary N) is 1. The molecule has 0 bridgehead atoms. The predicted molar refractivity (Wildman–Crippen MR) is 79.8 cm³/mol. The second-order valence-electron chi connectivity index (χ2n) is 6.30. The van der Waals surface area contributed by atoms with Crippen molar-refractivity contribution in [3.8, 4) is 0 Å². The number of hydrogen-bond donors (Lipinski definition) is 1. The molecule has 1 fully saturated rings. The Morgan fingerprint density at radius 2 is 2.00 bits per heavy atom. The largest absolute Gasteiger partial charge is 0.329 e. The van der Waals surface area contributed by atoms with Crippen molar-refractivity contribution in [2.24, 2.45) is 11.7 Å². The summed E-state index contributed by atoms with van der Waals surface area (Å²) < 4.78 is 0. The van der Waals surface area contributed by atoms with Gasteiger partial charge in [0.1, 0.15) is 0 Å². The maximum atomic E-state index is 6.19. The van der Waals surface area contributed by atoms with E-state index in [4.69, 9.17) is 5.73 Å². The standard InChI is InChI=1S/C15H33N3/c1-6-13(3)10-15(7-2,12-16)18-9-8-17(5)11-14(18)4/h13-14H,6-12,16H2,1-5H3. The molecule has 3 heteroatoms. The highest BCUT2D eigenvalue weighted by Gasteiger charge is 2.39. The van der Waals surface area contributed by atoms with Gasteiger partial charge in [-0.15, -0.1) is 0 Å². The van der Waals surface area contributed by atoms with Gasteiger partial charge < -0.3 is 10.6 Å². The van der Waals surface area contributed by atoms with Gasteiger partial charge in [0.05, 0.1) is 0 Å². The molecule has 0 amide bonds. The van der Waals surface area contributed by atoms with E-state index in [9.17, 15) is 0 Å². The molecule has 18 heavy (non-hydrogen) atoms. The van der Waals surface area contributed by atoms with E-state index in [1.54, 1.807) is 0 Å². The first kappa shape index (κ1) is 15.9. The third-order valence-corrected chi connectivity index (χ3v) is 4.90. The van der Waals surface area contributed by atoms with Gasteiger partial charge in [-0.2, -0.15) is 0 Å². The summed E-state index contributed by atoms with van der Waals surface area (Å²) in [4.78, 5) is 5.13. The normalized spacial score (nSPS) is 28.0. The fourth-order valence-electron chi connectivity index (χ4n) is 3.45. The number of likely N-dealkylation sites (N-methyl/N-ethyl adjacent to an activating group) is 1. The molecule has 1 saturated heterocycles. The molecule has 1 heterocycles. The second-order valence-corrected chi connectivity index (χ2v) is 6.30. The lowest BCUT2D eigenvalue weighted by molar-refractivity contribution is -0.0120. The average molecular weight is 255 g/mol. The van der Waals surface area contributed by atoms with Crippen molar-refractivity contribution in [1.29, 1.82) is 0 Å². The lowest BCUT2D eigenvalue weighted by Crippen LogP contribution is -2.63. The van der Waals surface area contributed by atoms with E-state index in [-0.39, 0.29) is 5.54 Å². The Balaban J connectivity index is 2.82. The predicted octanol–water partition coefficient (Wildman–Crippen LogP) is 2.17. The molecule has 1 rings (SSSR count). The SMILES string of the molecule is CCC(C)CC(CC)(CN)N1CCN(C)CC1C. The lowest BCUT2D eigenvalue weighted by Gasteiger charge is -2.51. The number of rotatable bonds is 6. The van der Waals surface area contributed by atoms with Gasteiger partial charge in [-0.1, -0.05) is 27.2 Å². The summed E-state index contributed by atoms with van der Waals surface area (Å²) in [5.41, 5.74) is 6.41. The highest BCUT2D eigenvalue weighted by molar-refractivity contribution is 4.96. The van der Waals surface area contributed by atoms with Crippen LogP contribution in [0.5, 0.6) is 0 Å². The monoisotopic (exact) mass is 255 g/mol. The minimum atomic E-state index is 0.218. The molecule has 3 atom stereocenters. The average Bonchev–Trinajstić information content (AvgIpc) is 2.36. The third kappa shape index (κ3) is 3.46. The summed E-state index contributed by atoms with van der Waals surface area (Å²) in [6, 6.07) is 0.622. The van der Waals surface area contributed by atoms with Crippen LogP contribution in [0, 0.1) is 5.92 Å². The van der Waals surface area contributed by atoms with Crippen LogP contribution in [0.2, 0.25) is 0 Å². The van der Waals surface area contributed by atoms with E-state index in [0.717, 1.165) is 12.5 Å². The Morgan fingerprint density at radius 3 is 2.44 bits per heavy atom. The van der Waals surface area contributed by atoms with Gasteiger partial charge in [-0.25, -0.2) is 0 Å². The van der Waals surface area contributed by atoms with Crippen LogP contribution in [0.25, 0.3) is 0 Å². The minimum absolute atomic E-state index is 0.218. The number of hydrogen-bond acceptors (Lipinski definition) is 3. The molecule has 0 aromatic rings. The summed E-state index contributed by atoms with van der Waals surface area (Å²) in [6.45, 7) is 13.6. The first-order chi connectivity index (χ1) is 8.49. The van der Waals surface area contributed by atoms with E-state index in [1.807, 2.05) is 0 Å². The molecule has 0 radical (unpaired) electrons. The summed E-state index contributed by atoms with van der Waals surface area (Å²) in [7, 11) is 2.22. The van der Waals surface area contributed by atoms with Crippen molar-refractivity contribution >= 4 is 0 Å². The summed E-state index contributed by atoms with van der Waals surface area (Å²) in [5.74, 6) is 0.764. The molecule has 0 aromatic carbocycles. The smallest absolute Gasteiger partial charge is 0.0335 e. The van der Waals surface area contributed by atoms with Crippen LogP contribution in [0.15, 0.2) is 0 Å². The Hall–Kier alpha value is -0.120. The molecule has 3 unspecified atom stereocenters. The molecule has 0 spiro atoms. The molecular formula is C15H33N3. The van der Waals surface area contributed by atoms with Crippen LogP contribution in [0.3, 0.4) is 0 Å². The maximum Gasteiger partial charge on any atom is 0.0335 e. The van der Waals surface area contributed by atoms with E-state index in [1.165, 1.54) is 38.9 Å². The topological polar surface area (TPSA) is 32.5 Å². The molecule has 1 aliphatic rings. The van der Waals surface area contributed by atoms with Crippen LogP contribution < -0.4 is 5.73 Å². The van der Waals surface area contributed by atoms with Gasteiger partial charge in [-0.05, 0) is 32.7 Å². The van der Waals surface area contributed by atoms with E-state index >= 15 is 0 Å². The third-order valence-electron chi connectivity index (χ3n) is 4.90. The van der Waals surface area contributed by atoms with Crippen LogP contribution in [0.4, 0.5) is 0 Å². The van der Waals surface area contributed by atoms with Gasteiger partial charge >= 0.3 is 0 Å². The quantitative estimate of drug-likeness (QED) is 0.789. The van der Waals surface area contributed by atoms with Crippen LogP contribution in [-0.2, 0) is 0 Å². The van der Waals surface area contributed by atoms with Gasteiger partial charge in [0.25, 0.3) is 0 Å². The van der Waals surface area contributed by atoms with Gasteiger partial charge in [0.15, 0.2) is 0 Å². The van der Waals surface area contributed by atoms with Crippen molar-refractivity contribution in [1.82, 2.24) is 9.80 Å². The Morgan fingerprint density at radius 1 is 1.33 bits per heavy atom. The molecule has 0 saturated carbocycles. The molecule has 0 aliphatic carbocycles. The minimum Gasteiger partial charge on any atom is -0.329 e. The first-order valence-electron chi connectivity index (χ1n) is 7.64. The van der Waals surface area contributed by atoms with E-state index in [0.29, 0.717) is 6.04 Å². The summed E-state index contributed by atoms with van der Waals surface area (Å²) in [5, 5.41) is 0. The first-order valence-corrected chi connectivity index (χ1v) is 7.64. The summed E-state index contributed by atoms with van der Waals surface area (Å²) >= 11 is 0. The van der Waals surface area contributed by atoms with Crippen molar-refractivity contribution in [3.63, 3.8) is 0 Å². The molecule has 3 nitrogen and oxygen atoms in total. The zero-order valence-electron chi connectivity index (χ0n) is 13.1. The maximum absolute atomic E-state index is 6.19. The summed E-state index contributed by atoms with van der Waals surface area (Å²) in [6.07, 6.45) is 3.66. The van der Waals surface area contributed by atoms with Gasteiger partial charge in [-0.3, -0.25) is 4.90 Å². The van der Waals surface area contributed by atoms with Crippen molar-refractivity contribution in [2.45, 2.75) is 58.5 Å². The Bertz CT molecular complexity index is 238. The molecule has 2 N–H and O–H groups in total. The lowest BCUT2D eigenvalue weighted by atomic mass is 9.81. The zero-order valence-corrected chi connectivity index (χ0v) is 13.1. The van der Waals surface area contributed by atoms with Crippen LogP contribution >= 0.6 is 0 Å². The Labute approximate surface area is 114 Å². The van der Waals surface area contributed by atoms with E-state index < -0.39 is 0 Å². The molecule has 108 valence electrons. The molecule has 0 aromatic heterocycles. The molecular weight excluding hydrogens is 222 g/mol. The number of piperazine rings is 1. The fraction of sp³-hybridized carbons (Fsp3) is 1.00. The zero-order chi connectivity index (χ0) is 13.8. The highest BCUT2D eigenvalue weighted by atomic mass is 15.3. The van der Waals surface area contributed by atoms with Crippen LogP contribution in [0.1, 0.15) is 47.0 Å². The second kappa shape index (κ2) is 6.88. The molecule has 1 aliphatic heterocycles. The number of nitrogens with zero attached hydrogens (tertiary/aromatic N) is 2. The van der Waals surface area contributed by atoms with Crippen LogP contribution in [-0.4, -0.2) is 54.6 Å². The van der Waals surface area contributed by atoms with Crippen molar-refractivity contribution < 1.29 is 0 Å². The van der Waals surface area contributed by atoms with E-state index in [2.05, 4.69) is 44.5 Å². The Kier molecular flexibility index (Phi) is 6.09.